The Morgan fingerprint density at radius 3 is 2.61 bits per heavy atom. The molecule has 1 saturated heterocycles. The number of rotatable bonds is 6. The maximum atomic E-state index is 14.6. The van der Waals surface area contributed by atoms with Crippen LogP contribution in [0.25, 0.3) is 0 Å². The number of ether oxygens (including phenoxy) is 2. The second-order valence-electron chi connectivity index (χ2n) is 14.7. The van der Waals surface area contributed by atoms with Crippen LogP contribution < -0.4 is 10.6 Å². The molecule has 2 fully saturated rings. The second kappa shape index (κ2) is 14.8. The van der Waals surface area contributed by atoms with Crippen molar-refractivity contribution < 1.29 is 42.9 Å². The SMILES string of the molecule is CCCC[C@H]1[C@H](OC(=O)N2Cc3cccc(F)c3C2)C[C@H]2C(=O)N[C@]3(C(=O)O)CC3/C=C\CCCCC[C@H](NC(=O)OC(C)(C)C)C(=O)N21. The van der Waals surface area contributed by atoms with Crippen LogP contribution in [0.15, 0.2) is 30.4 Å². The summed E-state index contributed by atoms with van der Waals surface area (Å²) >= 11 is 0. The molecule has 5 rings (SSSR count). The van der Waals surface area contributed by atoms with E-state index in [-0.39, 0.29) is 32.4 Å². The molecular formula is C36H49FN4O8. The molecular weight excluding hydrogens is 635 g/mol. The number of halogens is 1. The Kier molecular flexibility index (Phi) is 10.9. The quantitative estimate of drug-likeness (QED) is 0.347. The summed E-state index contributed by atoms with van der Waals surface area (Å²) in [5, 5.41) is 15.7. The highest BCUT2D eigenvalue weighted by Gasteiger charge is 2.62. The van der Waals surface area contributed by atoms with E-state index in [2.05, 4.69) is 10.6 Å². The van der Waals surface area contributed by atoms with Crippen LogP contribution in [0.5, 0.6) is 0 Å². The van der Waals surface area contributed by atoms with E-state index in [0.29, 0.717) is 36.8 Å². The molecule has 13 heteroatoms. The zero-order valence-corrected chi connectivity index (χ0v) is 28.8. The predicted octanol–water partition coefficient (Wildman–Crippen LogP) is 5.18. The number of carbonyl (C=O) groups is 5. The standard InChI is InChI=1S/C36H49FN4O8/c1-5-6-17-27-29(48-34(47)40-20-22-13-12-15-25(37)24(22)21-40)18-28-30(42)39-36(32(44)45)19-23(36)14-10-8-7-9-11-16-26(31(43)41(27)28)38-33(46)49-35(2,3)4/h10,12-15,23,26-29H,5-9,11,16-21H2,1-4H3,(H,38,46)(H,39,42)(H,44,45)/b14-10-/t23?,26-,27-,28-,29+,36+/m0/s1. The average Bonchev–Trinajstić information content (AvgIpc) is 3.35. The second-order valence-corrected chi connectivity index (χ2v) is 14.7. The lowest BCUT2D eigenvalue weighted by atomic mass is 10.0. The summed E-state index contributed by atoms with van der Waals surface area (Å²) in [7, 11) is 0. The predicted molar refractivity (Wildman–Crippen MR) is 176 cm³/mol. The maximum Gasteiger partial charge on any atom is 0.410 e. The molecule has 4 aliphatic rings. The van der Waals surface area contributed by atoms with E-state index in [1.165, 1.54) is 15.9 Å². The first-order valence-electron chi connectivity index (χ1n) is 17.5. The Balaban J connectivity index is 1.47. The molecule has 1 aromatic carbocycles. The minimum absolute atomic E-state index is 0.0255. The Morgan fingerprint density at radius 1 is 1.14 bits per heavy atom. The highest BCUT2D eigenvalue weighted by molar-refractivity contribution is 5.96. The number of allylic oxidation sites excluding steroid dienone is 1. The number of aliphatic carboxylic acids is 1. The van der Waals surface area contributed by atoms with Gasteiger partial charge >= 0.3 is 18.2 Å². The largest absolute Gasteiger partial charge is 0.479 e. The third-order valence-corrected chi connectivity index (χ3v) is 9.89. The van der Waals surface area contributed by atoms with E-state index in [0.717, 1.165) is 19.3 Å². The summed E-state index contributed by atoms with van der Waals surface area (Å²) in [6.07, 6.45) is 6.52. The number of nitrogens with one attached hydrogen (secondary N) is 2. The van der Waals surface area contributed by atoms with E-state index >= 15 is 0 Å². The summed E-state index contributed by atoms with van der Waals surface area (Å²) in [5.41, 5.74) is -1.23. The van der Waals surface area contributed by atoms with Crippen molar-refractivity contribution in [1.29, 1.82) is 0 Å². The molecule has 3 N–H and O–H groups in total. The average molecular weight is 685 g/mol. The van der Waals surface area contributed by atoms with E-state index in [9.17, 15) is 33.5 Å². The number of hydrogen-bond acceptors (Lipinski definition) is 7. The molecule has 12 nitrogen and oxygen atoms in total. The van der Waals surface area contributed by atoms with Crippen molar-refractivity contribution in [1.82, 2.24) is 20.4 Å². The van der Waals surface area contributed by atoms with Gasteiger partial charge < -0.3 is 30.1 Å². The molecule has 268 valence electrons. The lowest BCUT2D eigenvalue weighted by Gasteiger charge is -2.35. The van der Waals surface area contributed by atoms with Gasteiger partial charge in [0.05, 0.1) is 12.6 Å². The van der Waals surface area contributed by atoms with Crippen LogP contribution in [0.2, 0.25) is 0 Å². The zero-order chi connectivity index (χ0) is 35.5. The molecule has 1 aromatic rings. The topological polar surface area (TPSA) is 155 Å². The molecule has 4 amide bonds. The third kappa shape index (κ3) is 8.18. The van der Waals surface area contributed by atoms with Gasteiger partial charge in [0.15, 0.2) is 0 Å². The van der Waals surface area contributed by atoms with E-state index < -0.39 is 77.1 Å². The fourth-order valence-electron chi connectivity index (χ4n) is 7.23. The van der Waals surface area contributed by atoms with Crippen molar-refractivity contribution in [2.24, 2.45) is 5.92 Å². The molecule has 0 spiro atoms. The van der Waals surface area contributed by atoms with Crippen LogP contribution in [0.3, 0.4) is 0 Å². The van der Waals surface area contributed by atoms with Gasteiger partial charge in [0, 0.05) is 24.4 Å². The highest BCUT2D eigenvalue weighted by atomic mass is 19.1. The van der Waals surface area contributed by atoms with Gasteiger partial charge in [-0.05, 0) is 64.5 Å². The number of hydrogen-bond donors (Lipinski definition) is 3. The monoisotopic (exact) mass is 684 g/mol. The molecule has 3 aliphatic heterocycles. The molecule has 1 aliphatic carbocycles. The van der Waals surface area contributed by atoms with Crippen molar-refractivity contribution in [2.75, 3.05) is 0 Å². The summed E-state index contributed by atoms with van der Waals surface area (Å²) in [6.45, 7) is 7.31. The lowest BCUT2D eigenvalue weighted by molar-refractivity contribution is -0.146. The summed E-state index contributed by atoms with van der Waals surface area (Å²) in [5.74, 6) is -3.15. The number of carbonyl (C=O) groups excluding carboxylic acids is 4. The van der Waals surface area contributed by atoms with Gasteiger partial charge in [-0.3, -0.25) is 14.5 Å². The summed E-state index contributed by atoms with van der Waals surface area (Å²) < 4.78 is 26.0. The Labute approximate surface area is 286 Å². The van der Waals surface area contributed by atoms with Crippen molar-refractivity contribution in [3.8, 4) is 0 Å². The number of alkyl carbamates (subject to hydrolysis) is 1. The minimum atomic E-state index is -1.50. The number of nitrogens with zero attached hydrogens (tertiary/aromatic N) is 2. The molecule has 0 radical (unpaired) electrons. The number of carboxylic acids is 1. The van der Waals surface area contributed by atoms with Crippen molar-refractivity contribution >= 4 is 30.0 Å². The first-order chi connectivity index (χ1) is 23.2. The molecule has 49 heavy (non-hydrogen) atoms. The number of unbranched alkanes of at least 4 members (excludes halogenated alkanes) is 1. The van der Waals surface area contributed by atoms with Gasteiger partial charge in [-0.1, -0.05) is 56.9 Å². The van der Waals surface area contributed by atoms with Crippen molar-refractivity contribution in [3.63, 3.8) is 0 Å². The molecule has 6 atom stereocenters. The van der Waals surface area contributed by atoms with Crippen LogP contribution in [0.4, 0.5) is 14.0 Å². The molecule has 3 heterocycles. The molecule has 1 unspecified atom stereocenters. The van der Waals surface area contributed by atoms with E-state index in [1.54, 1.807) is 32.9 Å². The van der Waals surface area contributed by atoms with Crippen LogP contribution in [-0.2, 0) is 36.9 Å². The fourth-order valence-corrected chi connectivity index (χ4v) is 7.23. The van der Waals surface area contributed by atoms with Gasteiger partial charge in [0.25, 0.3) is 0 Å². The van der Waals surface area contributed by atoms with E-state index in [4.69, 9.17) is 9.47 Å². The Hall–Kier alpha value is -4.16. The first-order valence-corrected chi connectivity index (χ1v) is 17.5. The van der Waals surface area contributed by atoms with Crippen molar-refractivity contribution in [2.45, 2.75) is 140 Å². The fraction of sp³-hybridized carbons (Fsp3) is 0.639. The number of benzene rings is 1. The van der Waals surface area contributed by atoms with Crippen LogP contribution >= 0.6 is 0 Å². The summed E-state index contributed by atoms with van der Waals surface area (Å²) in [6, 6.07) is 1.73. The number of fused-ring (bicyclic) bond motifs is 3. The minimum Gasteiger partial charge on any atom is -0.479 e. The number of amides is 4. The third-order valence-electron chi connectivity index (χ3n) is 9.89. The lowest BCUT2D eigenvalue weighted by Crippen LogP contribution is -2.58. The van der Waals surface area contributed by atoms with Gasteiger partial charge in [0.1, 0.15) is 35.1 Å². The van der Waals surface area contributed by atoms with Gasteiger partial charge in [-0.25, -0.2) is 18.8 Å². The maximum absolute atomic E-state index is 14.6. The van der Waals surface area contributed by atoms with Gasteiger partial charge in [-0.15, -0.1) is 0 Å². The molecule has 0 aromatic heterocycles. The smallest absolute Gasteiger partial charge is 0.410 e. The van der Waals surface area contributed by atoms with Gasteiger partial charge in [0.2, 0.25) is 11.8 Å². The van der Waals surface area contributed by atoms with Gasteiger partial charge in [-0.2, -0.15) is 0 Å². The number of carboxylic acid groups (broad SMARTS) is 1. The van der Waals surface area contributed by atoms with Crippen LogP contribution in [0.1, 0.15) is 103 Å². The van der Waals surface area contributed by atoms with E-state index in [1.807, 2.05) is 19.1 Å². The Morgan fingerprint density at radius 2 is 1.92 bits per heavy atom. The molecule has 0 bridgehead atoms. The van der Waals surface area contributed by atoms with Crippen LogP contribution in [-0.4, -0.2) is 80.2 Å². The first kappa shape index (κ1) is 36.1. The van der Waals surface area contributed by atoms with Crippen LogP contribution in [0, 0.1) is 11.7 Å². The Bertz CT molecular complexity index is 1480. The molecule has 1 saturated carbocycles. The highest BCUT2D eigenvalue weighted by Crippen LogP contribution is 2.46. The normalized spacial score (nSPS) is 29.4. The van der Waals surface area contributed by atoms with Crippen molar-refractivity contribution in [3.05, 3.63) is 47.3 Å². The zero-order valence-electron chi connectivity index (χ0n) is 28.8. The summed E-state index contributed by atoms with van der Waals surface area (Å²) in [4.78, 5) is 70.6.